The molecule has 22 nitrogen and oxygen atoms in total. The molecule has 442 valence electrons. The largest absolute Gasteiger partial charge is 0.534 e. The molecule has 83 heavy (non-hydrogen) atoms. The first kappa shape index (κ1) is 57.3. The Morgan fingerprint density at radius 2 is 1.08 bits per heavy atom. The van der Waals surface area contributed by atoms with E-state index in [1.165, 1.54) is 7.11 Å². The van der Waals surface area contributed by atoms with Crippen LogP contribution in [0.2, 0.25) is 0 Å². The van der Waals surface area contributed by atoms with Crippen LogP contribution in [-0.2, 0) is 35.8 Å². The third-order valence-corrected chi connectivity index (χ3v) is 18.6. The lowest BCUT2D eigenvalue weighted by Gasteiger charge is -2.59. The van der Waals surface area contributed by atoms with Crippen LogP contribution in [0.25, 0.3) is 0 Å². The average molecular weight is 1180 g/mol. The van der Waals surface area contributed by atoms with E-state index in [4.69, 9.17) is 37.9 Å². The maximum absolute atomic E-state index is 13.2. The van der Waals surface area contributed by atoms with Crippen LogP contribution < -0.4 is 42.1 Å². The molecule has 4 aromatic rings. The van der Waals surface area contributed by atoms with Crippen molar-refractivity contribution in [3.63, 3.8) is 0 Å². The number of fused-ring (bicyclic) bond motifs is 18. The van der Waals surface area contributed by atoms with Gasteiger partial charge in [0.1, 0.15) is 36.8 Å². The Balaban J connectivity index is 0.000000176. The molecule has 8 aliphatic rings. The van der Waals surface area contributed by atoms with Crippen LogP contribution in [0.5, 0.6) is 69.0 Å². The quantitative estimate of drug-likeness (QED) is 0.0668. The van der Waals surface area contributed by atoms with Crippen LogP contribution in [0.4, 0.5) is 13.2 Å². The van der Waals surface area contributed by atoms with Gasteiger partial charge in [-0.3, -0.25) is 19.6 Å². The van der Waals surface area contributed by atoms with Gasteiger partial charge >= 0.3 is 15.6 Å². The number of phenols is 3. The van der Waals surface area contributed by atoms with Gasteiger partial charge in [-0.05, 0) is 76.9 Å². The van der Waals surface area contributed by atoms with Crippen molar-refractivity contribution in [1.29, 1.82) is 10.5 Å². The number of aromatic hydroxyl groups is 3. The highest BCUT2D eigenvalue weighted by Gasteiger charge is 2.59. The summed E-state index contributed by atoms with van der Waals surface area (Å²) in [7, 11) is 0.114. The van der Waals surface area contributed by atoms with Crippen molar-refractivity contribution in [3.8, 4) is 81.1 Å². The van der Waals surface area contributed by atoms with Crippen LogP contribution in [0.1, 0.15) is 79.8 Å². The van der Waals surface area contributed by atoms with Gasteiger partial charge in [-0.2, -0.15) is 32.1 Å². The number of aliphatic hydroxyl groups is 2. The fourth-order valence-electron chi connectivity index (χ4n) is 14.5. The smallest absolute Gasteiger partial charge is 0.504 e. The van der Waals surface area contributed by atoms with Gasteiger partial charge in [-0.1, -0.05) is 25.3 Å². The molecule has 0 unspecified atom stereocenters. The normalized spacial score (nSPS) is 26.2. The van der Waals surface area contributed by atoms with E-state index in [1.807, 2.05) is 30.7 Å². The van der Waals surface area contributed by atoms with E-state index in [9.17, 15) is 57.6 Å². The Hall–Kier alpha value is -7.56. The van der Waals surface area contributed by atoms with Gasteiger partial charge in [0.25, 0.3) is 0 Å². The molecule has 0 spiro atoms. The molecule has 8 heterocycles. The highest BCUT2D eigenvalue weighted by atomic mass is 32.2. The van der Waals surface area contributed by atoms with Gasteiger partial charge in [0, 0.05) is 68.7 Å². The summed E-state index contributed by atoms with van der Waals surface area (Å²) in [5, 5.41) is 76.0. The summed E-state index contributed by atoms with van der Waals surface area (Å²) in [6.45, 7) is 11.1. The van der Waals surface area contributed by atoms with E-state index in [1.54, 1.807) is 25.3 Å². The molecular formula is C57H61F3N6O16S. The Morgan fingerprint density at radius 3 is 1.48 bits per heavy atom. The number of hydrogen-bond acceptors (Lipinski definition) is 22. The topological polar surface area (TPSA) is 279 Å². The van der Waals surface area contributed by atoms with Crippen molar-refractivity contribution in [3.05, 3.63) is 93.1 Å². The van der Waals surface area contributed by atoms with Crippen molar-refractivity contribution in [2.45, 2.75) is 105 Å². The molecule has 0 aromatic heterocycles. The van der Waals surface area contributed by atoms with Gasteiger partial charge in [0.2, 0.25) is 25.1 Å². The third kappa shape index (κ3) is 8.49. The Morgan fingerprint density at radius 1 is 0.663 bits per heavy atom. The first-order chi connectivity index (χ1) is 39.7. The highest BCUT2D eigenvalue weighted by Crippen LogP contribution is 2.61. The summed E-state index contributed by atoms with van der Waals surface area (Å²) in [6, 6.07) is 2.11. The molecule has 0 amide bonds. The predicted molar refractivity (Wildman–Crippen MR) is 286 cm³/mol. The number of halogens is 3. The molecule has 4 aromatic carbocycles. The maximum Gasteiger partial charge on any atom is 0.534 e. The number of aliphatic hydroxyl groups excluding tert-OH is 2. The molecule has 5 N–H and O–H groups in total. The van der Waals surface area contributed by atoms with Crippen molar-refractivity contribution >= 4 is 10.1 Å². The first-order valence-electron chi connectivity index (χ1n) is 26.6. The number of phenolic OH excluding ortho intramolecular Hbond substituents is 3. The van der Waals surface area contributed by atoms with Gasteiger partial charge in [-0.25, -0.2) is 0 Å². The van der Waals surface area contributed by atoms with Crippen LogP contribution in [0.3, 0.4) is 0 Å². The SMILES string of the molecule is C=CCOc1c(C)c2c(c3c1C[C@H]1[C@H]4c5c(cc(O)c(OC)c5O)C[C@@H]([C@H](C#N)N1[C@H]3CO)N4C)OCO2.C=CCOc1c(C)c2c(c3c1C[C@H]1[C@H]4c5c(cc(OS(=O)(=O)C(F)(F)F)c(OC)c5O)C[C@@H]([C@H](C#N)N1[C@H]3CO)N4C)OCO2. The lowest BCUT2D eigenvalue weighted by atomic mass is 9.72. The van der Waals surface area contributed by atoms with Crippen LogP contribution in [0.15, 0.2) is 37.4 Å². The molecule has 12 rings (SSSR count). The summed E-state index contributed by atoms with van der Waals surface area (Å²) in [5.74, 6) is 1.02. The molecule has 0 saturated carbocycles. The Bertz CT molecular complexity index is 3560. The van der Waals surface area contributed by atoms with Crippen molar-refractivity contribution < 1.29 is 89.2 Å². The number of benzene rings is 4. The second-order valence-electron chi connectivity index (χ2n) is 21.4. The summed E-state index contributed by atoms with van der Waals surface area (Å²) < 4.78 is 114. The summed E-state index contributed by atoms with van der Waals surface area (Å²) in [6.07, 6.45) is 4.46. The number of alkyl halides is 3. The van der Waals surface area contributed by atoms with E-state index < -0.39 is 81.8 Å². The second kappa shape index (κ2) is 21.3. The monoisotopic (exact) mass is 1170 g/mol. The van der Waals surface area contributed by atoms with Crippen LogP contribution >= 0.6 is 0 Å². The minimum atomic E-state index is -6.09. The summed E-state index contributed by atoms with van der Waals surface area (Å²) in [4.78, 5) is 8.01. The predicted octanol–water partition coefficient (Wildman–Crippen LogP) is 5.47. The molecular weight excluding hydrogens is 1110 g/mol. The number of nitriles is 2. The Kier molecular flexibility index (Phi) is 14.7. The molecule has 0 radical (unpaired) electrons. The zero-order valence-electron chi connectivity index (χ0n) is 46.0. The van der Waals surface area contributed by atoms with Gasteiger partial charge in [0.15, 0.2) is 46.0 Å². The second-order valence-corrected chi connectivity index (χ2v) is 23.0. The molecule has 8 aliphatic heterocycles. The first-order valence-corrected chi connectivity index (χ1v) is 28.0. The van der Waals surface area contributed by atoms with E-state index in [2.05, 4.69) is 39.3 Å². The van der Waals surface area contributed by atoms with Gasteiger partial charge in [-0.15, -0.1) is 0 Å². The van der Waals surface area contributed by atoms with Gasteiger partial charge < -0.3 is 67.6 Å². The molecule has 4 bridgehead atoms. The zero-order valence-corrected chi connectivity index (χ0v) is 46.8. The van der Waals surface area contributed by atoms with Crippen molar-refractivity contribution in [2.24, 2.45) is 0 Å². The number of likely N-dealkylation sites (N-methyl/N-ethyl adjacent to an activating group) is 2. The standard InChI is InChI=1S/C29H30F3N3O9S.C28H31N3O7/c1-5-6-41-25-13(2)26-28(43-12-42-26)22-15(25)9-17-23-21-14(7-16(34(23)3)18(10-33)35(17)19(22)11-36)8-20(27(40-4)24(21)37)44-45(38,39)29(30,31)32;1-5-6-36-25-13(2)26-28(38-12-37-26)22-15(25)9-17-23-21-14(8-20(33)27(35-4)24(21)34)7-16(30(23)3)18(10-29)31(17)19(22)11-32/h5,8,16-19,23,36-37H,1,6-7,9,11-12H2,2-4H3;5,8,16-19,23,32-34H,1,6-7,9,11-12H2,2-4H3/t2*16-,17-,18-,19-,23-/m00/s1. The fraction of sp³-hybridized carbons (Fsp3) is 0.474. The number of ether oxygens (including phenoxy) is 8. The maximum atomic E-state index is 13.2. The van der Waals surface area contributed by atoms with Crippen molar-refractivity contribution in [1.82, 2.24) is 19.6 Å². The summed E-state index contributed by atoms with van der Waals surface area (Å²) in [5.41, 5.74) is 0.764. The van der Waals surface area contributed by atoms with Crippen LogP contribution in [0, 0.1) is 36.5 Å². The lowest BCUT2D eigenvalue weighted by molar-refractivity contribution is -0.0826. The molecule has 26 heteroatoms. The minimum Gasteiger partial charge on any atom is -0.504 e. The lowest BCUT2D eigenvalue weighted by Crippen LogP contribution is -2.68. The number of methoxy groups -OCH3 is 2. The Labute approximate surface area is 475 Å². The van der Waals surface area contributed by atoms with E-state index >= 15 is 0 Å². The average Bonchev–Trinajstić information content (AvgIpc) is 2.06. The van der Waals surface area contributed by atoms with E-state index in [0.717, 1.165) is 35.4 Å². The number of hydrogen-bond donors (Lipinski definition) is 5. The molecule has 2 saturated heterocycles. The molecule has 2 fully saturated rings. The minimum absolute atomic E-state index is 0.0219. The van der Waals surface area contributed by atoms with E-state index in [-0.39, 0.29) is 87.2 Å². The highest BCUT2D eigenvalue weighted by molar-refractivity contribution is 7.88. The van der Waals surface area contributed by atoms with Crippen molar-refractivity contribution in [2.75, 3.05) is 68.3 Å². The third-order valence-electron chi connectivity index (χ3n) is 17.6. The number of rotatable bonds is 12. The zero-order chi connectivity index (χ0) is 59.5. The number of piperazine rings is 2. The molecule has 10 atom stereocenters. The molecule has 0 aliphatic carbocycles. The van der Waals surface area contributed by atoms with Crippen LogP contribution in [-0.4, -0.2) is 164 Å². The van der Waals surface area contributed by atoms with E-state index in [0.29, 0.717) is 75.2 Å². The fourth-order valence-corrected chi connectivity index (χ4v) is 14.9. The summed E-state index contributed by atoms with van der Waals surface area (Å²) >= 11 is 0. The number of nitrogens with zero attached hydrogens (tertiary/aromatic N) is 6. The van der Waals surface area contributed by atoms with Gasteiger partial charge in [0.05, 0.1) is 63.7 Å².